The van der Waals surface area contributed by atoms with Gasteiger partial charge in [-0.25, -0.2) is 4.39 Å². The Balaban J connectivity index is 1.72. The number of nitrogens with one attached hydrogen (secondary N) is 2. The summed E-state index contributed by atoms with van der Waals surface area (Å²) in [7, 11) is 0. The van der Waals surface area contributed by atoms with Crippen molar-refractivity contribution in [3.63, 3.8) is 0 Å². The summed E-state index contributed by atoms with van der Waals surface area (Å²) >= 11 is 5.65. The van der Waals surface area contributed by atoms with E-state index < -0.39 is 17.6 Å². The van der Waals surface area contributed by atoms with Crippen LogP contribution >= 0.6 is 11.6 Å². The molecule has 8 heteroatoms. The molecule has 1 aliphatic heterocycles. The van der Waals surface area contributed by atoms with E-state index in [9.17, 15) is 18.8 Å². The zero-order chi connectivity index (χ0) is 19.6. The Bertz CT molecular complexity index is 932. The average Bonchev–Trinajstić information content (AvgIpc) is 2.64. The molecule has 0 saturated carbocycles. The summed E-state index contributed by atoms with van der Waals surface area (Å²) in [5, 5.41) is 4.69. The molecule has 1 heterocycles. The van der Waals surface area contributed by atoms with E-state index in [0.717, 1.165) is 30.2 Å². The lowest BCUT2D eigenvalue weighted by Gasteiger charge is -2.29. The SMILES string of the molecule is CC(=O)N1CCCc2ccc(NC(=O)C(=O)Nc3ccc(F)c(Cl)c3)cc21. The van der Waals surface area contributed by atoms with Crippen molar-refractivity contribution >= 4 is 46.4 Å². The van der Waals surface area contributed by atoms with Crippen molar-refractivity contribution in [2.24, 2.45) is 0 Å². The molecule has 27 heavy (non-hydrogen) atoms. The molecule has 0 aromatic heterocycles. The highest BCUT2D eigenvalue weighted by Crippen LogP contribution is 2.30. The van der Waals surface area contributed by atoms with E-state index in [0.29, 0.717) is 12.2 Å². The Morgan fingerprint density at radius 3 is 2.30 bits per heavy atom. The van der Waals surface area contributed by atoms with E-state index in [2.05, 4.69) is 10.6 Å². The number of anilines is 3. The molecule has 2 aromatic rings. The molecule has 0 atom stereocenters. The summed E-state index contributed by atoms with van der Waals surface area (Å²) in [6.07, 6.45) is 1.72. The van der Waals surface area contributed by atoms with E-state index >= 15 is 0 Å². The summed E-state index contributed by atoms with van der Waals surface area (Å²) in [4.78, 5) is 37.6. The first kappa shape index (κ1) is 18.8. The van der Waals surface area contributed by atoms with Gasteiger partial charge in [0.2, 0.25) is 5.91 Å². The van der Waals surface area contributed by atoms with Crippen molar-refractivity contribution in [1.82, 2.24) is 0 Å². The van der Waals surface area contributed by atoms with Gasteiger partial charge in [-0.05, 0) is 48.7 Å². The highest BCUT2D eigenvalue weighted by molar-refractivity contribution is 6.43. The van der Waals surface area contributed by atoms with Gasteiger partial charge in [0.15, 0.2) is 0 Å². The van der Waals surface area contributed by atoms with Crippen LogP contribution in [-0.2, 0) is 20.8 Å². The molecule has 0 radical (unpaired) electrons. The van der Waals surface area contributed by atoms with Crippen molar-refractivity contribution in [3.05, 3.63) is 52.8 Å². The maximum absolute atomic E-state index is 13.2. The Hall–Kier alpha value is -2.93. The third-order valence-corrected chi connectivity index (χ3v) is 4.52. The summed E-state index contributed by atoms with van der Waals surface area (Å²) in [6, 6.07) is 8.80. The molecule has 0 unspecified atom stereocenters. The predicted molar refractivity (Wildman–Crippen MR) is 101 cm³/mol. The van der Waals surface area contributed by atoms with Crippen molar-refractivity contribution < 1.29 is 18.8 Å². The molecule has 3 rings (SSSR count). The second-order valence-corrected chi connectivity index (χ2v) is 6.56. The molecule has 6 nitrogen and oxygen atoms in total. The van der Waals surface area contributed by atoms with E-state index in [-0.39, 0.29) is 16.6 Å². The van der Waals surface area contributed by atoms with Crippen LogP contribution in [0.15, 0.2) is 36.4 Å². The highest BCUT2D eigenvalue weighted by atomic mass is 35.5. The zero-order valence-electron chi connectivity index (χ0n) is 14.5. The normalized spacial score (nSPS) is 12.9. The van der Waals surface area contributed by atoms with Gasteiger partial charge < -0.3 is 15.5 Å². The fourth-order valence-electron chi connectivity index (χ4n) is 2.93. The standard InChI is InChI=1S/C19H17ClFN3O3/c1-11(25)24-8-2-3-12-4-5-14(10-17(12)24)23-19(27)18(26)22-13-6-7-16(21)15(20)9-13/h4-7,9-10H,2-3,8H2,1H3,(H,22,26)(H,23,27). The lowest BCUT2D eigenvalue weighted by Crippen LogP contribution is -2.34. The van der Waals surface area contributed by atoms with Crippen molar-refractivity contribution in [3.8, 4) is 0 Å². The molecule has 2 N–H and O–H groups in total. The van der Waals surface area contributed by atoms with Crippen molar-refractivity contribution in [1.29, 1.82) is 0 Å². The number of nitrogens with zero attached hydrogens (tertiary/aromatic N) is 1. The number of fused-ring (bicyclic) bond motifs is 1. The van der Waals surface area contributed by atoms with Crippen LogP contribution in [0.25, 0.3) is 0 Å². The van der Waals surface area contributed by atoms with Crippen LogP contribution in [0, 0.1) is 5.82 Å². The molecule has 0 saturated heterocycles. The number of benzene rings is 2. The number of amides is 3. The van der Waals surface area contributed by atoms with Crippen molar-refractivity contribution in [2.45, 2.75) is 19.8 Å². The van der Waals surface area contributed by atoms with Crippen LogP contribution in [0.1, 0.15) is 18.9 Å². The molecule has 1 aliphatic rings. The first-order valence-corrected chi connectivity index (χ1v) is 8.71. The smallest absolute Gasteiger partial charge is 0.314 e. The molecular formula is C19H17ClFN3O3. The molecular weight excluding hydrogens is 373 g/mol. The highest BCUT2D eigenvalue weighted by Gasteiger charge is 2.21. The van der Waals surface area contributed by atoms with E-state index in [1.165, 1.54) is 19.1 Å². The summed E-state index contributed by atoms with van der Waals surface area (Å²) in [6.45, 7) is 2.10. The third-order valence-electron chi connectivity index (χ3n) is 4.23. The van der Waals surface area contributed by atoms with E-state index in [1.807, 2.05) is 6.07 Å². The molecule has 0 aliphatic carbocycles. The molecule has 0 fully saturated rings. The van der Waals surface area contributed by atoms with Gasteiger partial charge >= 0.3 is 11.8 Å². The quantitative estimate of drug-likeness (QED) is 0.773. The molecule has 140 valence electrons. The van der Waals surface area contributed by atoms with Gasteiger partial charge in [0, 0.05) is 30.5 Å². The average molecular weight is 390 g/mol. The Kier molecular flexibility index (Phi) is 5.41. The van der Waals surface area contributed by atoms with Crippen LogP contribution < -0.4 is 15.5 Å². The maximum Gasteiger partial charge on any atom is 0.314 e. The Labute approximate surface area is 160 Å². The number of carbonyl (C=O) groups is 3. The lowest BCUT2D eigenvalue weighted by atomic mass is 10.0. The monoisotopic (exact) mass is 389 g/mol. The third kappa shape index (κ3) is 4.25. The van der Waals surface area contributed by atoms with Crippen molar-refractivity contribution in [2.75, 3.05) is 22.1 Å². The van der Waals surface area contributed by atoms with Crippen LogP contribution in [0.3, 0.4) is 0 Å². The van der Waals surface area contributed by atoms with Gasteiger partial charge in [-0.2, -0.15) is 0 Å². The predicted octanol–water partition coefficient (Wildman–Crippen LogP) is 3.36. The van der Waals surface area contributed by atoms with Gasteiger partial charge in [0.05, 0.1) is 5.02 Å². The topological polar surface area (TPSA) is 78.5 Å². The van der Waals surface area contributed by atoms with Crippen LogP contribution in [0.4, 0.5) is 21.5 Å². The fraction of sp³-hybridized carbons (Fsp3) is 0.211. The van der Waals surface area contributed by atoms with Gasteiger partial charge in [-0.1, -0.05) is 17.7 Å². The van der Waals surface area contributed by atoms with Gasteiger partial charge in [0.1, 0.15) is 5.82 Å². The van der Waals surface area contributed by atoms with Crippen LogP contribution in [0.2, 0.25) is 5.02 Å². The fourth-order valence-corrected chi connectivity index (χ4v) is 3.11. The first-order valence-electron chi connectivity index (χ1n) is 8.33. The van der Waals surface area contributed by atoms with E-state index in [1.54, 1.807) is 17.0 Å². The zero-order valence-corrected chi connectivity index (χ0v) is 15.3. The van der Waals surface area contributed by atoms with Crippen LogP contribution in [-0.4, -0.2) is 24.3 Å². The number of rotatable bonds is 2. The minimum atomic E-state index is -0.918. The molecule has 0 bridgehead atoms. The van der Waals surface area contributed by atoms with Gasteiger partial charge in [-0.15, -0.1) is 0 Å². The summed E-state index contributed by atoms with van der Waals surface area (Å²) in [5.41, 5.74) is 2.35. The number of hydrogen-bond acceptors (Lipinski definition) is 3. The van der Waals surface area contributed by atoms with Gasteiger partial charge in [-0.3, -0.25) is 14.4 Å². The minimum absolute atomic E-state index is 0.0784. The summed E-state index contributed by atoms with van der Waals surface area (Å²) < 4.78 is 13.2. The Morgan fingerprint density at radius 1 is 1.04 bits per heavy atom. The molecule has 0 spiro atoms. The largest absolute Gasteiger partial charge is 0.318 e. The lowest BCUT2D eigenvalue weighted by molar-refractivity contribution is -0.132. The number of aryl methyl sites for hydroxylation is 1. The Morgan fingerprint density at radius 2 is 1.67 bits per heavy atom. The number of halogens is 2. The second kappa shape index (κ2) is 7.75. The van der Waals surface area contributed by atoms with Gasteiger partial charge in [0.25, 0.3) is 0 Å². The number of carbonyl (C=O) groups excluding carboxylic acids is 3. The van der Waals surface area contributed by atoms with Crippen LogP contribution in [0.5, 0.6) is 0 Å². The first-order chi connectivity index (χ1) is 12.8. The number of hydrogen-bond donors (Lipinski definition) is 2. The molecule has 2 aromatic carbocycles. The second-order valence-electron chi connectivity index (χ2n) is 6.15. The molecule has 3 amide bonds. The van der Waals surface area contributed by atoms with E-state index in [4.69, 9.17) is 11.6 Å². The maximum atomic E-state index is 13.2. The minimum Gasteiger partial charge on any atom is -0.318 e. The summed E-state index contributed by atoms with van der Waals surface area (Å²) in [5.74, 6) is -2.51.